The molecule has 6 nitrogen and oxygen atoms in total. The molecule has 0 atom stereocenters. The summed E-state index contributed by atoms with van der Waals surface area (Å²) in [6, 6.07) is 63.8. The lowest BCUT2D eigenvalue weighted by Crippen LogP contribution is -2.36. The number of hydrogen-bond acceptors (Lipinski definition) is 0. The van der Waals surface area contributed by atoms with Gasteiger partial charge in [0.1, 0.15) is 42.3 Å². The van der Waals surface area contributed by atoms with Crippen LogP contribution >= 0.6 is 0 Å². The van der Waals surface area contributed by atoms with E-state index in [-0.39, 0.29) is 11.1 Å². The third-order valence-electron chi connectivity index (χ3n) is 20.3. The average Bonchev–Trinajstić information content (AvgIpc) is 0.744. The second kappa shape index (κ2) is 34.7. The molecule has 0 bridgehead atoms. The van der Waals surface area contributed by atoms with Crippen LogP contribution < -0.4 is 27.4 Å². The van der Waals surface area contributed by atoms with Crippen LogP contribution in [0.5, 0.6) is 0 Å². The van der Waals surface area contributed by atoms with Gasteiger partial charge in [-0.05, 0) is 227 Å². The first-order valence-electron chi connectivity index (χ1n) is 38.8. The normalized spacial score (nSPS) is 11.8. The number of aromatic nitrogens is 6. The molecule has 12 rings (SSSR count). The first-order chi connectivity index (χ1) is 50.4. The summed E-state index contributed by atoms with van der Waals surface area (Å²) in [7, 11) is 12.4. The average molecular weight is 1360 g/mol. The third kappa shape index (κ3) is 19.0. The summed E-state index contributed by atoms with van der Waals surface area (Å²) >= 11 is 0. The van der Waals surface area contributed by atoms with Gasteiger partial charge in [0, 0.05) is 144 Å². The molecule has 12 aromatic rings. The van der Waals surface area contributed by atoms with Crippen LogP contribution in [0.1, 0.15) is 143 Å². The highest BCUT2D eigenvalue weighted by Gasteiger charge is 2.24. The third-order valence-corrected chi connectivity index (χ3v) is 20.3. The Hall–Kier alpha value is -9.78. The summed E-state index contributed by atoms with van der Waals surface area (Å²) < 4.78 is 60.0. The summed E-state index contributed by atoms with van der Waals surface area (Å²) in [6.07, 6.45) is 0. The Morgan fingerprint density at radius 2 is 0.490 bits per heavy atom. The van der Waals surface area contributed by atoms with E-state index in [1.807, 2.05) is 31.2 Å². The Morgan fingerprint density at radius 3 is 0.824 bits per heavy atom. The van der Waals surface area contributed by atoms with E-state index in [0.717, 1.165) is 11.1 Å². The molecule has 0 aliphatic heterocycles. The van der Waals surface area contributed by atoms with Crippen LogP contribution in [0.4, 0.5) is 0 Å². The lowest BCUT2D eigenvalue weighted by atomic mass is 9.98. The summed E-state index contributed by atoms with van der Waals surface area (Å²) in [5.41, 5.74) is 42.2. The molecule has 102 heavy (non-hydrogen) atoms. The van der Waals surface area contributed by atoms with Crippen LogP contribution in [0, 0.1) is 166 Å². The van der Waals surface area contributed by atoms with Crippen molar-refractivity contribution in [1.82, 2.24) is 0 Å². The maximum atomic E-state index is 7.89. The summed E-state index contributed by atoms with van der Waals surface area (Å²) in [4.78, 5) is 0. The SMILES string of the molecule is Cc1cc(C)[n+](C)c(-c2c(C)cccc2C)c1.Cc1cc(C)[n+](C)c(-c2c(C)cccc2C)c1.Cc1ccc(C)c(-c2cc(C)cc(C)[n+]2C)c1.Cc1ccc(C)c(-c2cc(C)cc(C)[n+]2C)c1.Cc1ccccc1-c1c(C)c(C)cc(C)[n+]1C.[2H]C([2H])([2H])c1cc(C)[n+](C)c(-c2ccccc2C)c1C([2H])([2H])[2H]. The van der Waals surface area contributed by atoms with Crippen LogP contribution in [0.15, 0.2) is 182 Å². The van der Waals surface area contributed by atoms with Crippen molar-refractivity contribution in [1.29, 1.82) is 0 Å². The van der Waals surface area contributed by atoms with Crippen molar-refractivity contribution in [2.75, 3.05) is 0 Å². The summed E-state index contributed by atoms with van der Waals surface area (Å²) in [5, 5.41) is 0. The smallest absolute Gasteiger partial charge is 0.199 e. The van der Waals surface area contributed by atoms with Crippen molar-refractivity contribution in [2.24, 2.45) is 42.3 Å². The summed E-state index contributed by atoms with van der Waals surface area (Å²) in [5.74, 6) is 0. The molecule has 6 aromatic heterocycles. The predicted octanol–water partition coefficient (Wildman–Crippen LogP) is 20.5. The Balaban J connectivity index is 0.000000181. The molecular formula is C96H120N6+6. The minimum atomic E-state index is -2.52. The lowest BCUT2D eigenvalue weighted by molar-refractivity contribution is -0.667. The number of benzene rings is 6. The van der Waals surface area contributed by atoms with Gasteiger partial charge in [0.05, 0.1) is 11.1 Å². The van der Waals surface area contributed by atoms with E-state index in [4.69, 9.17) is 8.22 Å². The fourth-order valence-electron chi connectivity index (χ4n) is 13.7. The molecule has 0 spiro atoms. The van der Waals surface area contributed by atoms with Gasteiger partial charge in [0.2, 0.25) is 34.2 Å². The fourth-order valence-corrected chi connectivity index (χ4v) is 13.7. The van der Waals surface area contributed by atoms with Gasteiger partial charge in [-0.1, -0.05) is 108 Å². The number of aryl methyl sites for hydroxylation is 22. The van der Waals surface area contributed by atoms with Gasteiger partial charge < -0.3 is 0 Å². The molecule has 0 aliphatic carbocycles. The minimum absolute atomic E-state index is 0.0973. The monoisotopic (exact) mass is 1360 g/mol. The molecule has 0 fully saturated rings. The van der Waals surface area contributed by atoms with E-state index < -0.39 is 13.7 Å². The van der Waals surface area contributed by atoms with Crippen LogP contribution in [0.3, 0.4) is 0 Å². The van der Waals surface area contributed by atoms with Crippen LogP contribution in [0.2, 0.25) is 0 Å². The molecule has 0 radical (unpaired) electrons. The van der Waals surface area contributed by atoms with E-state index in [1.54, 1.807) is 18.5 Å². The second-order valence-electron chi connectivity index (χ2n) is 28.8. The van der Waals surface area contributed by atoms with Crippen molar-refractivity contribution in [3.05, 3.63) is 316 Å². The van der Waals surface area contributed by atoms with E-state index in [1.165, 1.54) is 174 Å². The molecule has 6 heteroatoms. The Kier molecular flexibility index (Phi) is 24.1. The van der Waals surface area contributed by atoms with Crippen LogP contribution in [-0.2, 0) is 42.3 Å². The van der Waals surface area contributed by atoms with Crippen molar-refractivity contribution in [3.8, 4) is 67.5 Å². The maximum Gasteiger partial charge on any atom is 0.215 e. The zero-order valence-electron chi connectivity index (χ0n) is 73.0. The molecule has 0 saturated carbocycles. The van der Waals surface area contributed by atoms with Gasteiger partial charge in [-0.15, -0.1) is 0 Å². The van der Waals surface area contributed by atoms with Crippen molar-refractivity contribution >= 4 is 0 Å². The van der Waals surface area contributed by atoms with Gasteiger partial charge in [0.15, 0.2) is 34.2 Å². The van der Waals surface area contributed by atoms with Gasteiger partial charge >= 0.3 is 0 Å². The number of rotatable bonds is 6. The van der Waals surface area contributed by atoms with Gasteiger partial charge in [-0.2, -0.15) is 27.4 Å². The summed E-state index contributed by atoms with van der Waals surface area (Å²) in [6.45, 7) is 42.0. The first-order valence-corrected chi connectivity index (χ1v) is 35.8. The van der Waals surface area contributed by atoms with Crippen molar-refractivity contribution in [3.63, 3.8) is 0 Å². The largest absolute Gasteiger partial charge is 0.215 e. The predicted molar refractivity (Wildman–Crippen MR) is 432 cm³/mol. The highest BCUT2D eigenvalue weighted by atomic mass is 15.0. The second-order valence-corrected chi connectivity index (χ2v) is 28.8. The minimum Gasteiger partial charge on any atom is -0.199 e. The van der Waals surface area contributed by atoms with Gasteiger partial charge in [0.25, 0.3) is 0 Å². The lowest BCUT2D eigenvalue weighted by Gasteiger charge is -2.10. The highest BCUT2D eigenvalue weighted by Crippen LogP contribution is 2.31. The molecule has 6 heterocycles. The zero-order valence-corrected chi connectivity index (χ0v) is 67.0. The first kappa shape index (κ1) is 70.6. The van der Waals surface area contributed by atoms with E-state index in [9.17, 15) is 0 Å². The highest BCUT2D eigenvalue weighted by molar-refractivity contribution is 5.69. The van der Waals surface area contributed by atoms with Crippen LogP contribution in [0.25, 0.3) is 67.5 Å². The zero-order chi connectivity index (χ0) is 80.5. The molecule has 6 aromatic carbocycles. The van der Waals surface area contributed by atoms with Crippen LogP contribution in [-0.4, -0.2) is 0 Å². The Morgan fingerprint density at radius 1 is 0.206 bits per heavy atom. The van der Waals surface area contributed by atoms with Gasteiger partial charge in [-0.3, -0.25) is 0 Å². The molecule has 0 N–H and O–H groups in total. The number of pyridine rings is 6. The standard InChI is InChI=1S/6C16H20N/c2*1-11-6-7-13(3)15(9-11)16-10-12(2)8-14(4)17(16)5;2*1-11-9-14(4)17(5)15(10-11)16-12(2)7-6-8-13(16)3;2*1-11-8-6-7-9-15(11)16-14(4)12(2)10-13(3)17(16)5/h6*6-10H,1-5H3/q6*+1/i;;;;2D3,4D3;. The topological polar surface area (TPSA) is 23.3 Å². The van der Waals surface area contributed by atoms with E-state index >= 15 is 0 Å². The Labute approximate surface area is 624 Å². The maximum absolute atomic E-state index is 7.89. The molecule has 0 aliphatic rings. The number of nitrogens with zero attached hydrogens (tertiary/aromatic N) is 6. The van der Waals surface area contributed by atoms with Gasteiger partial charge in [-0.25, -0.2) is 0 Å². The molecular weight excluding hydrogens is 1240 g/mol. The molecule has 0 saturated heterocycles. The quantitative estimate of drug-likeness (QED) is 0.148. The number of hydrogen-bond donors (Lipinski definition) is 0. The van der Waals surface area contributed by atoms with Crippen molar-refractivity contribution in [2.45, 2.75) is 166 Å². The van der Waals surface area contributed by atoms with Crippen molar-refractivity contribution < 1.29 is 35.6 Å². The Bertz CT molecular complexity index is 5010. The molecule has 0 unspecified atom stereocenters. The van der Waals surface area contributed by atoms with E-state index in [0.29, 0.717) is 11.4 Å². The molecule has 0 amide bonds. The fraction of sp³-hybridized carbons (Fsp3) is 0.312. The molecule has 528 valence electrons. The van der Waals surface area contributed by atoms with E-state index in [2.05, 4.69) is 348 Å².